The molecule has 1 atom stereocenters. The van der Waals surface area contributed by atoms with E-state index in [4.69, 9.17) is 21.3 Å². The Balaban J connectivity index is 1.61. The highest BCUT2D eigenvalue weighted by Crippen LogP contribution is 2.41. The van der Waals surface area contributed by atoms with Gasteiger partial charge in [0.2, 0.25) is 0 Å². The van der Waals surface area contributed by atoms with E-state index in [-0.39, 0.29) is 28.1 Å². The maximum atomic E-state index is 15.2. The Morgan fingerprint density at radius 3 is 2.26 bits per heavy atom. The molecule has 0 saturated heterocycles. The zero-order valence-electron chi connectivity index (χ0n) is 24.8. The van der Waals surface area contributed by atoms with Crippen LogP contribution in [0.3, 0.4) is 0 Å². The minimum absolute atomic E-state index is 0.0101. The van der Waals surface area contributed by atoms with Crippen molar-refractivity contribution in [3.63, 3.8) is 0 Å². The number of aliphatic imine (C=N–C) groups is 1. The van der Waals surface area contributed by atoms with Gasteiger partial charge < -0.3 is 14.1 Å². The van der Waals surface area contributed by atoms with E-state index in [1.54, 1.807) is 24.3 Å². The maximum Gasteiger partial charge on any atom is 0.165 e. The molecule has 10 heteroatoms. The largest absolute Gasteiger partial charge is 0.494 e. The molecule has 1 aliphatic rings. The van der Waals surface area contributed by atoms with E-state index in [1.165, 1.54) is 43.1 Å². The van der Waals surface area contributed by atoms with E-state index < -0.39 is 28.7 Å². The number of amidine groups is 1. The second-order valence-corrected chi connectivity index (χ2v) is 13.5. The Hall–Kier alpha value is -2.75. The minimum atomic E-state index is -0.602. The Kier molecular flexibility index (Phi) is 9.85. The van der Waals surface area contributed by atoms with Gasteiger partial charge in [0.25, 0.3) is 0 Å². The van der Waals surface area contributed by atoms with E-state index in [2.05, 4.69) is 21.1 Å². The van der Waals surface area contributed by atoms with Crippen LogP contribution in [0.4, 0.5) is 23.2 Å². The number of nitrogens with zero attached hydrogens (tertiary/aromatic N) is 3. The molecule has 42 heavy (non-hydrogen) atoms. The number of rotatable bonds is 10. The van der Waals surface area contributed by atoms with Crippen LogP contribution in [0.2, 0.25) is 5.02 Å². The number of hydrogen-bond donors (Lipinski definition) is 0. The number of thioether (sulfide) groups is 1. The van der Waals surface area contributed by atoms with Crippen molar-refractivity contribution in [2.45, 2.75) is 43.9 Å². The summed E-state index contributed by atoms with van der Waals surface area (Å²) in [6, 6.07) is 11.6. The van der Waals surface area contributed by atoms with E-state index in [1.807, 2.05) is 18.7 Å². The van der Waals surface area contributed by atoms with Crippen molar-refractivity contribution in [1.82, 2.24) is 0 Å². The normalized spacial score (nSPS) is 15.7. The van der Waals surface area contributed by atoms with Crippen LogP contribution in [0, 0.1) is 23.3 Å². The summed E-state index contributed by atoms with van der Waals surface area (Å²) in [6.45, 7) is 5.23. The topological polar surface area (TPSA) is 24.8 Å². The molecule has 0 N–H and O–H groups in total. The SMILES string of the molecule is COc1cc(N2C(SCc3c(F)cc(CCC[N+](C)(C)C)cc3F)=NCC2C(C)(C)c2ccc(F)c(Cl)c2)ccc1F. The highest BCUT2D eigenvalue weighted by molar-refractivity contribution is 8.13. The van der Waals surface area contributed by atoms with Crippen LogP contribution in [-0.2, 0) is 17.6 Å². The van der Waals surface area contributed by atoms with E-state index in [0.717, 1.165) is 23.0 Å². The Morgan fingerprint density at radius 2 is 1.64 bits per heavy atom. The van der Waals surface area contributed by atoms with E-state index in [0.29, 0.717) is 29.4 Å². The summed E-state index contributed by atoms with van der Waals surface area (Å²) in [6.07, 6.45) is 1.41. The molecule has 3 aromatic carbocycles. The third kappa shape index (κ3) is 7.24. The van der Waals surface area contributed by atoms with Gasteiger partial charge in [-0.25, -0.2) is 17.6 Å². The number of anilines is 1. The van der Waals surface area contributed by atoms with Crippen molar-refractivity contribution in [2.75, 3.05) is 46.2 Å². The third-order valence-electron chi connectivity index (χ3n) is 7.67. The lowest BCUT2D eigenvalue weighted by atomic mass is 9.77. The molecule has 0 aromatic heterocycles. The lowest BCUT2D eigenvalue weighted by Crippen LogP contribution is -2.48. The van der Waals surface area contributed by atoms with Crippen molar-refractivity contribution in [3.8, 4) is 5.75 Å². The van der Waals surface area contributed by atoms with Gasteiger partial charge in [-0.3, -0.25) is 4.99 Å². The molecule has 0 aliphatic carbocycles. The first-order valence-corrected chi connectivity index (χ1v) is 15.1. The van der Waals surface area contributed by atoms with Crippen LogP contribution in [0.15, 0.2) is 53.5 Å². The molecule has 0 saturated carbocycles. The summed E-state index contributed by atoms with van der Waals surface area (Å²) in [5, 5.41) is 0.539. The number of benzene rings is 3. The molecule has 0 amide bonds. The smallest absolute Gasteiger partial charge is 0.165 e. The maximum absolute atomic E-state index is 15.2. The number of quaternary nitrogens is 1. The minimum Gasteiger partial charge on any atom is -0.494 e. The van der Waals surface area contributed by atoms with Crippen LogP contribution in [0.25, 0.3) is 0 Å². The molecule has 4 rings (SSSR count). The van der Waals surface area contributed by atoms with Gasteiger partial charge in [-0.2, -0.15) is 0 Å². The number of methoxy groups -OCH3 is 1. The molecule has 0 radical (unpaired) electrons. The average Bonchev–Trinajstić information content (AvgIpc) is 3.34. The molecule has 226 valence electrons. The van der Waals surface area contributed by atoms with Gasteiger partial charge in [0, 0.05) is 34.9 Å². The van der Waals surface area contributed by atoms with Crippen molar-refractivity contribution >= 4 is 34.2 Å². The summed E-state index contributed by atoms with van der Waals surface area (Å²) >= 11 is 7.33. The standard InChI is InChI=1S/C32H37ClF4N3OS/c1-32(2,21-9-11-25(34)24(33)16-21)30-18-38-31(39(30)22-10-12-26(35)29(17-22)41-6)42-19-23-27(36)14-20(15-28(23)37)8-7-13-40(3,4)5/h9-12,14-17,30H,7-8,13,18-19H2,1-6H3/q+1. The van der Waals surface area contributed by atoms with E-state index >= 15 is 8.78 Å². The van der Waals surface area contributed by atoms with Crippen molar-refractivity contribution in [3.05, 3.63) is 93.5 Å². The fourth-order valence-electron chi connectivity index (χ4n) is 5.13. The molecule has 3 aromatic rings. The number of hydrogen-bond acceptors (Lipinski definition) is 4. The van der Waals surface area contributed by atoms with Crippen LogP contribution in [0.5, 0.6) is 5.75 Å². The van der Waals surface area contributed by atoms with Gasteiger partial charge in [-0.15, -0.1) is 0 Å². The highest BCUT2D eigenvalue weighted by atomic mass is 35.5. The molecule has 1 unspecified atom stereocenters. The summed E-state index contributed by atoms with van der Waals surface area (Å²) in [5.41, 5.74) is 1.40. The quantitative estimate of drug-likeness (QED) is 0.169. The van der Waals surface area contributed by atoms with Crippen molar-refractivity contribution < 1.29 is 26.8 Å². The predicted octanol–water partition coefficient (Wildman–Crippen LogP) is 8.00. The van der Waals surface area contributed by atoms with Gasteiger partial charge in [0.05, 0.1) is 52.4 Å². The van der Waals surface area contributed by atoms with Gasteiger partial charge in [-0.05, 0) is 53.9 Å². The number of halogens is 5. The van der Waals surface area contributed by atoms with Crippen LogP contribution in [-0.4, -0.2) is 57.0 Å². The third-order valence-corrected chi connectivity index (χ3v) is 8.97. The first-order valence-electron chi connectivity index (χ1n) is 13.7. The molecule has 0 fully saturated rings. The van der Waals surface area contributed by atoms with Crippen molar-refractivity contribution in [1.29, 1.82) is 0 Å². The van der Waals surface area contributed by atoms with Gasteiger partial charge >= 0.3 is 0 Å². The summed E-state index contributed by atoms with van der Waals surface area (Å²) in [4.78, 5) is 6.69. The lowest BCUT2D eigenvalue weighted by molar-refractivity contribution is -0.870. The van der Waals surface area contributed by atoms with Gasteiger partial charge in [0.15, 0.2) is 16.7 Å². The molecule has 1 heterocycles. The van der Waals surface area contributed by atoms with Crippen molar-refractivity contribution in [2.24, 2.45) is 4.99 Å². The molecule has 1 aliphatic heterocycles. The molecular weight excluding hydrogens is 586 g/mol. The fourth-order valence-corrected chi connectivity index (χ4v) is 6.40. The number of ether oxygens (including phenoxy) is 1. The van der Waals surface area contributed by atoms with Gasteiger partial charge in [0.1, 0.15) is 17.5 Å². The molecule has 0 spiro atoms. The Labute approximate surface area is 254 Å². The van der Waals surface area contributed by atoms with Crippen LogP contribution >= 0.6 is 23.4 Å². The average molecular weight is 623 g/mol. The van der Waals surface area contributed by atoms with Gasteiger partial charge in [-0.1, -0.05) is 43.3 Å². The van der Waals surface area contributed by atoms with E-state index in [9.17, 15) is 8.78 Å². The fraction of sp³-hybridized carbons (Fsp3) is 0.406. The molecule has 0 bridgehead atoms. The zero-order valence-corrected chi connectivity index (χ0v) is 26.4. The first-order chi connectivity index (χ1) is 19.7. The summed E-state index contributed by atoms with van der Waals surface area (Å²) in [7, 11) is 7.63. The highest BCUT2D eigenvalue weighted by Gasteiger charge is 2.42. The molecule has 4 nitrogen and oxygen atoms in total. The Bertz CT molecular complexity index is 1450. The Morgan fingerprint density at radius 1 is 0.976 bits per heavy atom. The number of aryl methyl sites for hydroxylation is 1. The second kappa shape index (κ2) is 12.9. The van der Waals surface area contributed by atoms with Crippen LogP contribution in [0.1, 0.15) is 37.0 Å². The first kappa shape index (κ1) is 32.2. The summed E-state index contributed by atoms with van der Waals surface area (Å²) < 4.78 is 64.6. The zero-order chi connectivity index (χ0) is 30.8. The second-order valence-electron chi connectivity index (χ2n) is 12.1. The summed E-state index contributed by atoms with van der Waals surface area (Å²) in [5.74, 6) is -2.14. The lowest BCUT2D eigenvalue weighted by Gasteiger charge is -2.39. The van der Waals surface area contributed by atoms with Crippen LogP contribution < -0.4 is 9.64 Å². The molecular formula is C32H37ClF4N3OS+. The predicted molar refractivity (Wildman–Crippen MR) is 165 cm³/mol. The monoisotopic (exact) mass is 622 g/mol.